The molecule has 2 saturated heterocycles. The van der Waals surface area contributed by atoms with Crippen molar-refractivity contribution < 1.29 is 14.4 Å². The fraction of sp³-hybridized carbons (Fsp3) is 0.786. The molecule has 2 fully saturated rings. The van der Waals surface area contributed by atoms with Crippen LogP contribution in [0.2, 0.25) is 0 Å². The first kappa shape index (κ1) is 15.0. The van der Waals surface area contributed by atoms with E-state index in [1.807, 2.05) is 32.7 Å². The lowest BCUT2D eigenvalue weighted by atomic mass is 9.92. The van der Waals surface area contributed by atoms with E-state index in [4.69, 9.17) is 0 Å². The number of urea groups is 1. The number of rotatable bonds is 2. The van der Waals surface area contributed by atoms with Gasteiger partial charge in [-0.15, -0.1) is 0 Å². The molecule has 6 heteroatoms. The molecule has 0 spiro atoms. The van der Waals surface area contributed by atoms with Crippen LogP contribution < -0.4 is 5.32 Å². The van der Waals surface area contributed by atoms with E-state index in [0.29, 0.717) is 0 Å². The normalized spacial score (nSPS) is 32.8. The van der Waals surface area contributed by atoms with Crippen LogP contribution in [0.3, 0.4) is 0 Å². The van der Waals surface area contributed by atoms with Crippen molar-refractivity contribution in [1.82, 2.24) is 15.3 Å². The zero-order valence-corrected chi connectivity index (χ0v) is 12.5. The predicted octanol–water partition coefficient (Wildman–Crippen LogP) is 1.51. The van der Waals surface area contributed by atoms with Gasteiger partial charge in [0, 0.05) is 12.1 Å². The number of barbiturate groups is 1. The van der Waals surface area contributed by atoms with Gasteiger partial charge in [-0.1, -0.05) is 20.3 Å². The van der Waals surface area contributed by atoms with Crippen molar-refractivity contribution >= 4 is 17.8 Å². The average Bonchev–Trinajstić information content (AvgIpc) is 2.31. The van der Waals surface area contributed by atoms with Gasteiger partial charge in [0.05, 0.1) is 0 Å². The summed E-state index contributed by atoms with van der Waals surface area (Å²) in [5.41, 5.74) is 0. The van der Waals surface area contributed by atoms with Gasteiger partial charge in [-0.25, -0.2) is 9.80 Å². The van der Waals surface area contributed by atoms with Gasteiger partial charge in [-0.2, -0.15) is 5.01 Å². The molecule has 4 amide bonds. The molecule has 0 saturated carbocycles. The maximum atomic E-state index is 12.6. The highest BCUT2D eigenvalue weighted by Crippen LogP contribution is 2.28. The smallest absolute Gasteiger partial charge is 0.276 e. The van der Waals surface area contributed by atoms with Crippen LogP contribution in [0.15, 0.2) is 0 Å². The molecule has 0 aliphatic carbocycles. The van der Waals surface area contributed by atoms with Crippen molar-refractivity contribution in [2.24, 2.45) is 11.8 Å². The van der Waals surface area contributed by atoms with Gasteiger partial charge in [0.25, 0.3) is 5.91 Å². The van der Waals surface area contributed by atoms with Gasteiger partial charge in [-0.3, -0.25) is 14.9 Å². The number of carbonyl (C=O) groups is 3. The molecule has 20 heavy (non-hydrogen) atoms. The van der Waals surface area contributed by atoms with Crippen molar-refractivity contribution in [3.8, 4) is 0 Å². The van der Waals surface area contributed by atoms with Crippen LogP contribution >= 0.6 is 0 Å². The van der Waals surface area contributed by atoms with Crippen molar-refractivity contribution in [2.45, 2.75) is 59.0 Å². The van der Waals surface area contributed by atoms with Gasteiger partial charge in [0.15, 0.2) is 0 Å². The summed E-state index contributed by atoms with van der Waals surface area (Å²) in [6.45, 7) is 7.66. The van der Waals surface area contributed by atoms with E-state index in [1.54, 1.807) is 0 Å². The summed E-state index contributed by atoms with van der Waals surface area (Å²) < 4.78 is 0. The van der Waals surface area contributed by atoms with Crippen LogP contribution in [0.1, 0.15) is 47.0 Å². The standard InChI is InChI=1S/C14H23N3O3/c1-8(2)11-12(18)15-14(20)17(13(11)19)16-9(3)6-5-7-10(16)4/h8-11H,5-7H2,1-4H3,(H,15,18,20). The SMILES string of the molecule is CC(C)C1C(=O)NC(=O)N(N2C(C)CCCC2C)C1=O. The number of hydrogen-bond donors (Lipinski definition) is 1. The average molecular weight is 281 g/mol. The Morgan fingerprint density at radius 1 is 1.10 bits per heavy atom. The molecule has 1 N–H and O–H groups in total. The molecular weight excluding hydrogens is 258 g/mol. The van der Waals surface area contributed by atoms with Gasteiger partial charge < -0.3 is 0 Å². The second-order valence-corrected chi connectivity index (χ2v) is 6.18. The molecule has 3 atom stereocenters. The fourth-order valence-electron chi connectivity index (χ4n) is 3.19. The number of nitrogens with zero attached hydrogens (tertiary/aromatic N) is 2. The van der Waals surface area contributed by atoms with Crippen molar-refractivity contribution in [3.05, 3.63) is 0 Å². The van der Waals surface area contributed by atoms with Crippen LogP contribution in [0.25, 0.3) is 0 Å². The highest BCUT2D eigenvalue weighted by molar-refractivity contribution is 6.15. The summed E-state index contributed by atoms with van der Waals surface area (Å²) in [5, 5.41) is 5.32. The van der Waals surface area contributed by atoms with E-state index in [1.165, 1.54) is 5.01 Å². The van der Waals surface area contributed by atoms with E-state index in [2.05, 4.69) is 5.32 Å². The minimum absolute atomic E-state index is 0.120. The third-order valence-corrected chi connectivity index (χ3v) is 4.22. The van der Waals surface area contributed by atoms with Crippen LogP contribution in [-0.2, 0) is 9.59 Å². The number of imide groups is 2. The Balaban J connectivity index is 2.31. The highest BCUT2D eigenvalue weighted by Gasteiger charge is 2.47. The maximum absolute atomic E-state index is 12.6. The van der Waals surface area contributed by atoms with E-state index < -0.39 is 23.8 Å². The van der Waals surface area contributed by atoms with Crippen LogP contribution in [0.5, 0.6) is 0 Å². The molecule has 2 aliphatic rings. The lowest BCUT2D eigenvalue weighted by Gasteiger charge is -2.46. The summed E-state index contributed by atoms with van der Waals surface area (Å²) in [7, 11) is 0. The Morgan fingerprint density at radius 2 is 1.65 bits per heavy atom. The Bertz CT molecular complexity index is 425. The molecule has 0 aromatic carbocycles. The lowest BCUT2D eigenvalue weighted by Crippen LogP contribution is -2.67. The van der Waals surface area contributed by atoms with E-state index in [-0.39, 0.29) is 18.0 Å². The summed E-state index contributed by atoms with van der Waals surface area (Å²) in [5.74, 6) is -1.79. The first-order chi connectivity index (χ1) is 9.34. The molecular formula is C14H23N3O3. The first-order valence-corrected chi connectivity index (χ1v) is 7.31. The molecule has 2 heterocycles. The molecule has 0 aromatic heterocycles. The minimum Gasteiger partial charge on any atom is -0.276 e. The van der Waals surface area contributed by atoms with Crippen LogP contribution in [0, 0.1) is 11.8 Å². The van der Waals surface area contributed by atoms with E-state index in [9.17, 15) is 14.4 Å². The first-order valence-electron chi connectivity index (χ1n) is 7.31. The number of nitrogens with one attached hydrogen (secondary N) is 1. The Hall–Kier alpha value is -1.43. The zero-order chi connectivity index (χ0) is 15.0. The number of carbonyl (C=O) groups excluding carboxylic acids is 3. The molecule has 2 aliphatic heterocycles. The molecule has 0 bridgehead atoms. The minimum atomic E-state index is -0.783. The third-order valence-electron chi connectivity index (χ3n) is 4.22. The molecule has 3 unspecified atom stereocenters. The van der Waals surface area contributed by atoms with Gasteiger partial charge in [-0.05, 0) is 32.6 Å². The predicted molar refractivity (Wildman–Crippen MR) is 73.3 cm³/mol. The second-order valence-electron chi connectivity index (χ2n) is 6.18. The highest BCUT2D eigenvalue weighted by atomic mass is 16.2. The Labute approximate surface area is 119 Å². The lowest BCUT2D eigenvalue weighted by molar-refractivity contribution is -0.165. The van der Waals surface area contributed by atoms with Gasteiger partial charge in [0.1, 0.15) is 5.92 Å². The Morgan fingerprint density at radius 3 is 2.15 bits per heavy atom. The maximum Gasteiger partial charge on any atom is 0.345 e. The van der Waals surface area contributed by atoms with Crippen LogP contribution in [-0.4, -0.2) is 39.9 Å². The Kier molecular flexibility index (Phi) is 4.13. The molecule has 0 radical (unpaired) electrons. The summed E-state index contributed by atoms with van der Waals surface area (Å²) in [6, 6.07) is -0.374. The summed E-state index contributed by atoms with van der Waals surface area (Å²) >= 11 is 0. The summed E-state index contributed by atoms with van der Waals surface area (Å²) in [4.78, 5) is 36.5. The van der Waals surface area contributed by atoms with Gasteiger partial charge >= 0.3 is 6.03 Å². The van der Waals surface area contributed by atoms with Crippen molar-refractivity contribution in [2.75, 3.05) is 0 Å². The van der Waals surface area contributed by atoms with Crippen molar-refractivity contribution in [3.63, 3.8) is 0 Å². The molecule has 0 aromatic rings. The number of hydrogen-bond acceptors (Lipinski definition) is 4. The summed E-state index contributed by atoms with van der Waals surface area (Å²) in [6.07, 6.45) is 2.98. The number of piperidine rings is 1. The van der Waals surface area contributed by atoms with E-state index in [0.717, 1.165) is 19.3 Å². The van der Waals surface area contributed by atoms with E-state index >= 15 is 0 Å². The molecule has 112 valence electrons. The quantitative estimate of drug-likeness (QED) is 0.779. The van der Waals surface area contributed by atoms with Crippen molar-refractivity contribution in [1.29, 1.82) is 0 Å². The zero-order valence-electron chi connectivity index (χ0n) is 12.5. The second kappa shape index (κ2) is 5.52. The monoisotopic (exact) mass is 281 g/mol. The molecule has 2 rings (SSSR count). The number of hydrazine groups is 1. The molecule has 6 nitrogen and oxygen atoms in total. The number of amides is 4. The largest absolute Gasteiger partial charge is 0.345 e. The van der Waals surface area contributed by atoms with Crippen LogP contribution in [0.4, 0.5) is 4.79 Å². The topological polar surface area (TPSA) is 69.7 Å². The fourth-order valence-corrected chi connectivity index (χ4v) is 3.19. The van der Waals surface area contributed by atoms with Gasteiger partial charge in [0.2, 0.25) is 5.91 Å². The third kappa shape index (κ3) is 2.44.